The molecule has 0 aliphatic carbocycles. The first-order valence-electron chi connectivity index (χ1n) is 8.22. The number of carboxylic acids is 1. The number of halogens is 1. The summed E-state index contributed by atoms with van der Waals surface area (Å²) in [6.07, 6.45) is 0.979. The molecular weight excluding hydrogens is 432 g/mol. The summed E-state index contributed by atoms with van der Waals surface area (Å²) in [5.74, 6) is -0.830. The minimum Gasteiger partial charge on any atom is -0.491 e. The first-order valence-corrected chi connectivity index (χ1v) is 9.42. The van der Waals surface area contributed by atoms with Crippen LogP contribution in [-0.2, 0) is 0 Å². The Balaban J connectivity index is 2.02. The lowest BCUT2D eigenvalue weighted by Crippen LogP contribution is -2.34. The molecule has 27 heavy (non-hydrogen) atoms. The van der Waals surface area contributed by atoms with Gasteiger partial charge in [0.15, 0.2) is 5.11 Å². The van der Waals surface area contributed by atoms with Gasteiger partial charge in [-0.3, -0.25) is 10.1 Å². The first-order chi connectivity index (χ1) is 12.8. The number of anilines is 1. The molecule has 0 saturated carbocycles. The molecule has 0 saturated heterocycles. The van der Waals surface area contributed by atoms with E-state index >= 15 is 0 Å². The monoisotopic (exact) mass is 450 g/mol. The quantitative estimate of drug-likeness (QED) is 0.563. The van der Waals surface area contributed by atoms with Crippen molar-refractivity contribution >= 4 is 50.8 Å². The summed E-state index contributed by atoms with van der Waals surface area (Å²) in [4.78, 5) is 23.6. The number of rotatable bonds is 6. The van der Waals surface area contributed by atoms with Crippen LogP contribution in [0.5, 0.6) is 5.75 Å². The molecule has 0 unspecified atom stereocenters. The average molecular weight is 451 g/mol. The molecule has 0 radical (unpaired) electrons. The van der Waals surface area contributed by atoms with Crippen LogP contribution in [0.15, 0.2) is 46.9 Å². The van der Waals surface area contributed by atoms with Gasteiger partial charge in [0.2, 0.25) is 0 Å². The normalized spacial score (nSPS) is 11.4. The highest BCUT2D eigenvalue weighted by molar-refractivity contribution is 9.10. The number of aromatic carboxylic acids is 1. The highest BCUT2D eigenvalue weighted by atomic mass is 79.9. The fourth-order valence-electron chi connectivity index (χ4n) is 2.13. The Kier molecular flexibility index (Phi) is 7.32. The van der Waals surface area contributed by atoms with Gasteiger partial charge in [0.1, 0.15) is 5.75 Å². The summed E-state index contributed by atoms with van der Waals surface area (Å²) in [6, 6.07) is 11.4. The average Bonchev–Trinajstić information content (AvgIpc) is 2.63. The van der Waals surface area contributed by atoms with E-state index in [1.165, 1.54) is 6.07 Å². The van der Waals surface area contributed by atoms with Crippen molar-refractivity contribution in [3.8, 4) is 5.75 Å². The molecular formula is C19H19BrN2O4S. The number of carboxylic acid groups (broad SMARTS) is 1. The lowest BCUT2D eigenvalue weighted by molar-refractivity contribution is 0.0697. The van der Waals surface area contributed by atoms with E-state index in [0.29, 0.717) is 15.8 Å². The molecule has 0 heterocycles. The summed E-state index contributed by atoms with van der Waals surface area (Å²) in [7, 11) is 0. The minimum absolute atomic E-state index is 0.00440. The van der Waals surface area contributed by atoms with E-state index in [2.05, 4.69) is 26.6 Å². The maximum atomic E-state index is 12.3. The molecule has 0 bridgehead atoms. The Morgan fingerprint density at radius 1 is 1.22 bits per heavy atom. The zero-order chi connectivity index (χ0) is 20.0. The van der Waals surface area contributed by atoms with Crippen LogP contribution in [0.25, 0.3) is 0 Å². The zero-order valence-electron chi connectivity index (χ0n) is 14.8. The minimum atomic E-state index is -1.11. The lowest BCUT2D eigenvalue weighted by Gasteiger charge is -2.14. The largest absolute Gasteiger partial charge is 0.491 e. The lowest BCUT2D eigenvalue weighted by atomic mass is 10.2. The molecule has 3 N–H and O–H groups in total. The molecule has 2 aromatic carbocycles. The van der Waals surface area contributed by atoms with Gasteiger partial charge >= 0.3 is 5.97 Å². The Labute approximate surface area is 171 Å². The predicted octanol–water partition coefficient (Wildman–Crippen LogP) is 4.45. The van der Waals surface area contributed by atoms with Crippen LogP contribution < -0.4 is 15.4 Å². The predicted molar refractivity (Wildman–Crippen MR) is 112 cm³/mol. The van der Waals surface area contributed by atoms with Crippen LogP contribution in [0.3, 0.4) is 0 Å². The van der Waals surface area contributed by atoms with Crippen molar-refractivity contribution in [1.82, 2.24) is 5.32 Å². The second kappa shape index (κ2) is 9.48. The Morgan fingerprint density at radius 3 is 2.48 bits per heavy atom. The summed E-state index contributed by atoms with van der Waals surface area (Å²) in [5, 5.41) is 14.5. The van der Waals surface area contributed by atoms with Gasteiger partial charge in [-0.2, -0.15) is 0 Å². The summed E-state index contributed by atoms with van der Waals surface area (Å²) < 4.78 is 6.30. The molecule has 6 nitrogen and oxygen atoms in total. The zero-order valence-corrected chi connectivity index (χ0v) is 17.2. The van der Waals surface area contributed by atoms with Gasteiger partial charge in [0.05, 0.1) is 17.4 Å². The number of benzene rings is 2. The number of amides is 1. The van der Waals surface area contributed by atoms with Crippen LogP contribution in [0.4, 0.5) is 5.69 Å². The molecule has 1 amide bonds. The molecule has 0 aliphatic rings. The number of carbonyl (C=O) groups excluding carboxylic acids is 1. The van der Waals surface area contributed by atoms with Gasteiger partial charge in [-0.25, -0.2) is 4.79 Å². The maximum Gasteiger partial charge on any atom is 0.337 e. The second-order valence-electron chi connectivity index (χ2n) is 5.76. The highest BCUT2D eigenvalue weighted by Gasteiger charge is 2.14. The van der Waals surface area contributed by atoms with Crippen LogP contribution in [0, 0.1) is 0 Å². The topological polar surface area (TPSA) is 87.7 Å². The Bertz CT molecular complexity index is 855. The summed E-state index contributed by atoms with van der Waals surface area (Å²) in [6.45, 7) is 4.00. The van der Waals surface area contributed by atoms with Crippen molar-refractivity contribution in [2.45, 2.75) is 26.4 Å². The Hall–Kier alpha value is -2.45. The van der Waals surface area contributed by atoms with E-state index in [-0.39, 0.29) is 22.5 Å². The van der Waals surface area contributed by atoms with Crippen molar-refractivity contribution in [2.24, 2.45) is 0 Å². The third-order valence-corrected chi connectivity index (χ3v) is 4.41. The van der Waals surface area contributed by atoms with Crippen LogP contribution in [0.1, 0.15) is 41.0 Å². The number of hydrogen-bond donors (Lipinski definition) is 3. The molecule has 142 valence electrons. The SMILES string of the molecule is CC[C@H](C)Oc1ccc(C(=O)NC(=S)Nc2ccc(Br)cc2C(=O)O)cc1. The van der Waals surface area contributed by atoms with Crippen molar-refractivity contribution < 1.29 is 19.4 Å². The van der Waals surface area contributed by atoms with E-state index in [4.69, 9.17) is 17.0 Å². The van der Waals surface area contributed by atoms with Crippen LogP contribution in [0.2, 0.25) is 0 Å². The summed E-state index contributed by atoms with van der Waals surface area (Å²) >= 11 is 8.34. The van der Waals surface area contributed by atoms with Crippen molar-refractivity contribution in [1.29, 1.82) is 0 Å². The molecule has 0 aromatic heterocycles. The molecule has 0 spiro atoms. The van der Waals surface area contributed by atoms with Gasteiger partial charge in [-0.05, 0) is 68.0 Å². The number of nitrogens with one attached hydrogen (secondary N) is 2. The third kappa shape index (κ3) is 6.04. The number of thiocarbonyl (C=S) groups is 1. The number of carbonyl (C=O) groups is 2. The number of hydrogen-bond acceptors (Lipinski definition) is 4. The van der Waals surface area contributed by atoms with Gasteiger partial charge < -0.3 is 15.2 Å². The highest BCUT2D eigenvalue weighted by Crippen LogP contribution is 2.21. The fraction of sp³-hybridized carbons (Fsp3) is 0.211. The smallest absolute Gasteiger partial charge is 0.337 e. The summed E-state index contributed by atoms with van der Waals surface area (Å²) in [5.41, 5.74) is 0.728. The van der Waals surface area contributed by atoms with Gasteiger partial charge in [-0.15, -0.1) is 0 Å². The molecule has 0 fully saturated rings. The molecule has 1 atom stereocenters. The molecule has 8 heteroatoms. The van der Waals surface area contributed by atoms with E-state index < -0.39 is 11.9 Å². The standard InChI is InChI=1S/C19H19BrN2O4S/c1-3-11(2)26-14-7-4-12(5-8-14)17(23)22-19(27)21-16-9-6-13(20)10-15(16)18(24)25/h4-11H,3H2,1-2H3,(H,24,25)(H2,21,22,23,27)/t11-/m0/s1. The third-order valence-electron chi connectivity index (χ3n) is 3.72. The van der Waals surface area contributed by atoms with Crippen LogP contribution in [-0.4, -0.2) is 28.2 Å². The molecule has 2 aromatic rings. The number of ether oxygens (including phenoxy) is 1. The second-order valence-corrected chi connectivity index (χ2v) is 7.09. The van der Waals surface area contributed by atoms with Crippen molar-refractivity contribution in [2.75, 3.05) is 5.32 Å². The molecule has 2 rings (SSSR count). The van der Waals surface area contributed by atoms with E-state index in [1.54, 1.807) is 36.4 Å². The maximum absolute atomic E-state index is 12.3. The van der Waals surface area contributed by atoms with Gasteiger partial charge in [-0.1, -0.05) is 22.9 Å². The van der Waals surface area contributed by atoms with Gasteiger partial charge in [0.25, 0.3) is 5.91 Å². The first kappa shape index (κ1) is 20.9. The fourth-order valence-corrected chi connectivity index (χ4v) is 2.70. The Morgan fingerprint density at radius 2 is 1.89 bits per heavy atom. The van der Waals surface area contributed by atoms with Crippen molar-refractivity contribution in [3.05, 3.63) is 58.1 Å². The van der Waals surface area contributed by atoms with E-state index in [0.717, 1.165) is 6.42 Å². The van der Waals surface area contributed by atoms with E-state index in [9.17, 15) is 14.7 Å². The van der Waals surface area contributed by atoms with Gasteiger partial charge in [0, 0.05) is 10.0 Å². The molecule has 0 aliphatic heterocycles. The van der Waals surface area contributed by atoms with Crippen molar-refractivity contribution in [3.63, 3.8) is 0 Å². The van der Waals surface area contributed by atoms with Crippen LogP contribution >= 0.6 is 28.1 Å². The van der Waals surface area contributed by atoms with E-state index in [1.807, 2.05) is 13.8 Å².